The summed E-state index contributed by atoms with van der Waals surface area (Å²) in [6.07, 6.45) is 1.79. The van der Waals surface area contributed by atoms with Gasteiger partial charge in [0.05, 0.1) is 6.54 Å². The first-order valence-corrected chi connectivity index (χ1v) is 10.0. The second-order valence-electron chi connectivity index (χ2n) is 7.69. The number of amides is 3. The molecule has 2 aromatic rings. The Balaban J connectivity index is 2.10. The second-order valence-corrected chi connectivity index (χ2v) is 7.69. The Morgan fingerprint density at radius 3 is 2.32 bits per heavy atom. The van der Waals surface area contributed by atoms with Crippen molar-refractivity contribution in [3.63, 3.8) is 0 Å². The quantitative estimate of drug-likeness (QED) is 0.307. The minimum atomic E-state index is -1.18. The van der Waals surface area contributed by atoms with E-state index in [1.54, 1.807) is 20.0 Å². The maximum Gasteiger partial charge on any atom is 0.326 e. The molecule has 3 amide bonds. The van der Waals surface area contributed by atoms with Crippen LogP contribution in [-0.4, -0.2) is 58.5 Å². The molecular formula is C21H29N5O5. The van der Waals surface area contributed by atoms with E-state index in [1.165, 1.54) is 6.92 Å². The highest BCUT2D eigenvalue weighted by Crippen LogP contribution is 2.19. The molecule has 1 aromatic carbocycles. The molecule has 1 aromatic heterocycles. The number of nitrogens with one attached hydrogen (secondary N) is 4. The van der Waals surface area contributed by atoms with Gasteiger partial charge in [0.25, 0.3) is 0 Å². The van der Waals surface area contributed by atoms with Crippen LogP contribution in [0.25, 0.3) is 10.9 Å². The summed E-state index contributed by atoms with van der Waals surface area (Å²) in [5.74, 6) is -3.19. The highest BCUT2D eigenvalue weighted by molar-refractivity contribution is 5.93. The number of carboxylic acid groups (broad SMARTS) is 1. The van der Waals surface area contributed by atoms with Gasteiger partial charge in [0, 0.05) is 23.5 Å². The van der Waals surface area contributed by atoms with Gasteiger partial charge in [0.15, 0.2) is 0 Å². The molecule has 0 bridgehead atoms. The van der Waals surface area contributed by atoms with Crippen LogP contribution in [0.2, 0.25) is 0 Å². The largest absolute Gasteiger partial charge is 0.480 e. The number of fused-ring (bicyclic) bond motifs is 1. The lowest BCUT2D eigenvalue weighted by Crippen LogP contribution is -2.57. The number of H-pyrrole nitrogens is 1. The average molecular weight is 431 g/mol. The fraction of sp³-hybridized carbons (Fsp3) is 0.429. The van der Waals surface area contributed by atoms with Gasteiger partial charge < -0.3 is 31.8 Å². The van der Waals surface area contributed by atoms with Crippen molar-refractivity contribution in [2.75, 3.05) is 6.54 Å². The molecule has 3 unspecified atom stereocenters. The van der Waals surface area contributed by atoms with Crippen LogP contribution in [0, 0.1) is 5.92 Å². The zero-order valence-corrected chi connectivity index (χ0v) is 17.8. The molecule has 10 nitrogen and oxygen atoms in total. The molecule has 3 atom stereocenters. The van der Waals surface area contributed by atoms with Gasteiger partial charge in [-0.1, -0.05) is 32.0 Å². The molecule has 0 saturated heterocycles. The number of para-hydroxylation sites is 1. The molecule has 0 fully saturated rings. The zero-order valence-electron chi connectivity index (χ0n) is 17.8. The molecule has 0 aliphatic heterocycles. The van der Waals surface area contributed by atoms with Crippen molar-refractivity contribution in [1.82, 2.24) is 20.9 Å². The summed E-state index contributed by atoms with van der Waals surface area (Å²) < 4.78 is 0. The lowest BCUT2D eigenvalue weighted by Gasteiger charge is -2.25. The normalized spacial score (nSPS) is 14.0. The van der Waals surface area contributed by atoms with Crippen molar-refractivity contribution in [3.8, 4) is 0 Å². The van der Waals surface area contributed by atoms with Crippen LogP contribution in [0.5, 0.6) is 0 Å². The third-order valence-electron chi connectivity index (χ3n) is 4.92. The zero-order chi connectivity index (χ0) is 23.1. The number of aliphatic carboxylic acids is 1. The van der Waals surface area contributed by atoms with Crippen LogP contribution in [0.1, 0.15) is 26.3 Å². The number of rotatable bonds is 10. The van der Waals surface area contributed by atoms with E-state index in [2.05, 4.69) is 20.9 Å². The number of carboxylic acids is 1. The van der Waals surface area contributed by atoms with Gasteiger partial charge in [0.1, 0.15) is 18.1 Å². The van der Waals surface area contributed by atoms with Gasteiger partial charge in [-0.2, -0.15) is 0 Å². The standard InChI is InChI=1S/C21H29N5O5/c1-11(2)18(26-19(28)12(3)24-17(27)9-22)20(29)25-16(21(30)31)8-13-10-23-15-7-5-4-6-14(13)15/h4-7,10-12,16,18,23H,8-9,22H2,1-3H3,(H,24,27)(H,25,29)(H,26,28)(H,30,31). The number of aromatic amines is 1. The SMILES string of the molecule is CC(NC(=O)CN)C(=O)NC(C(=O)NC(Cc1c[nH]c2ccccc12)C(=O)O)C(C)C. The van der Waals surface area contributed by atoms with Gasteiger partial charge in [0.2, 0.25) is 17.7 Å². The molecule has 0 radical (unpaired) electrons. The average Bonchev–Trinajstić information content (AvgIpc) is 3.13. The number of benzene rings is 1. The number of nitrogens with two attached hydrogens (primary N) is 1. The minimum absolute atomic E-state index is 0.0762. The third kappa shape index (κ3) is 6.29. The van der Waals surface area contributed by atoms with E-state index in [4.69, 9.17) is 5.73 Å². The number of carbonyl (C=O) groups is 4. The fourth-order valence-electron chi connectivity index (χ4n) is 3.16. The van der Waals surface area contributed by atoms with Crippen LogP contribution in [-0.2, 0) is 25.6 Å². The van der Waals surface area contributed by atoms with E-state index < -0.39 is 41.8 Å². The summed E-state index contributed by atoms with van der Waals surface area (Å²) >= 11 is 0. The van der Waals surface area contributed by atoms with Crippen molar-refractivity contribution in [3.05, 3.63) is 36.0 Å². The third-order valence-corrected chi connectivity index (χ3v) is 4.92. The van der Waals surface area contributed by atoms with Gasteiger partial charge >= 0.3 is 5.97 Å². The highest BCUT2D eigenvalue weighted by Gasteiger charge is 2.30. The van der Waals surface area contributed by atoms with Crippen molar-refractivity contribution >= 4 is 34.6 Å². The number of aromatic nitrogens is 1. The van der Waals surface area contributed by atoms with Gasteiger partial charge in [-0.3, -0.25) is 14.4 Å². The predicted octanol–water partition coefficient (Wildman–Crippen LogP) is -0.116. The Morgan fingerprint density at radius 1 is 1.03 bits per heavy atom. The van der Waals surface area contributed by atoms with Crippen molar-refractivity contribution in [2.45, 2.75) is 45.3 Å². The van der Waals surface area contributed by atoms with Crippen LogP contribution < -0.4 is 21.7 Å². The predicted molar refractivity (Wildman–Crippen MR) is 115 cm³/mol. The Kier molecular flexibility index (Phi) is 8.14. The van der Waals surface area contributed by atoms with E-state index in [0.29, 0.717) is 0 Å². The Hall–Kier alpha value is -3.40. The first kappa shape index (κ1) is 23.9. The monoisotopic (exact) mass is 431 g/mol. The summed E-state index contributed by atoms with van der Waals surface area (Å²) in [4.78, 5) is 51.5. The Labute approximate surface area is 179 Å². The summed E-state index contributed by atoms with van der Waals surface area (Å²) in [6, 6.07) is 4.41. The van der Waals surface area contributed by atoms with Gasteiger partial charge in [-0.05, 0) is 24.5 Å². The van der Waals surface area contributed by atoms with Gasteiger partial charge in [-0.25, -0.2) is 4.79 Å². The first-order valence-electron chi connectivity index (χ1n) is 10.0. The Bertz CT molecular complexity index is 955. The lowest BCUT2D eigenvalue weighted by molar-refractivity contribution is -0.142. The molecular weight excluding hydrogens is 402 g/mol. The molecule has 0 aliphatic carbocycles. The van der Waals surface area contributed by atoms with E-state index in [0.717, 1.165) is 16.5 Å². The molecule has 0 saturated carbocycles. The smallest absolute Gasteiger partial charge is 0.326 e. The number of hydrogen-bond acceptors (Lipinski definition) is 5. The topological polar surface area (TPSA) is 166 Å². The van der Waals surface area contributed by atoms with Crippen molar-refractivity contribution < 1.29 is 24.3 Å². The fourth-order valence-corrected chi connectivity index (χ4v) is 3.16. The number of hydrogen-bond donors (Lipinski definition) is 6. The summed E-state index contributed by atoms with van der Waals surface area (Å²) in [7, 11) is 0. The van der Waals surface area contributed by atoms with E-state index >= 15 is 0 Å². The molecule has 0 spiro atoms. The van der Waals surface area contributed by atoms with E-state index in [-0.39, 0.29) is 18.9 Å². The van der Waals surface area contributed by atoms with Crippen LogP contribution in [0.4, 0.5) is 0 Å². The molecule has 10 heteroatoms. The number of carbonyl (C=O) groups excluding carboxylic acids is 3. The molecule has 31 heavy (non-hydrogen) atoms. The van der Waals surface area contributed by atoms with Crippen LogP contribution in [0.15, 0.2) is 30.5 Å². The maximum absolute atomic E-state index is 12.8. The Morgan fingerprint density at radius 2 is 1.71 bits per heavy atom. The molecule has 168 valence electrons. The van der Waals surface area contributed by atoms with Gasteiger partial charge in [-0.15, -0.1) is 0 Å². The van der Waals surface area contributed by atoms with Crippen LogP contribution in [0.3, 0.4) is 0 Å². The molecule has 2 rings (SSSR count). The van der Waals surface area contributed by atoms with E-state index in [9.17, 15) is 24.3 Å². The first-order chi connectivity index (χ1) is 14.6. The lowest BCUT2D eigenvalue weighted by atomic mass is 10.0. The maximum atomic E-state index is 12.8. The molecule has 1 heterocycles. The molecule has 0 aliphatic rings. The van der Waals surface area contributed by atoms with Crippen LogP contribution >= 0.6 is 0 Å². The van der Waals surface area contributed by atoms with Crippen molar-refractivity contribution in [1.29, 1.82) is 0 Å². The second kappa shape index (κ2) is 10.6. The summed E-state index contributed by atoms with van der Waals surface area (Å²) in [5, 5.41) is 18.0. The van der Waals surface area contributed by atoms with E-state index in [1.807, 2.05) is 24.3 Å². The van der Waals surface area contributed by atoms with Crippen molar-refractivity contribution in [2.24, 2.45) is 11.7 Å². The minimum Gasteiger partial charge on any atom is -0.480 e. The highest BCUT2D eigenvalue weighted by atomic mass is 16.4. The summed E-state index contributed by atoms with van der Waals surface area (Å²) in [6.45, 7) is 4.65. The summed E-state index contributed by atoms with van der Waals surface area (Å²) in [5.41, 5.74) is 6.85. The molecule has 7 N–H and O–H groups in total.